The van der Waals surface area contributed by atoms with Gasteiger partial charge in [-0.25, -0.2) is 0 Å². The zero-order valence-electron chi connectivity index (χ0n) is 10.1. The van der Waals surface area contributed by atoms with Crippen LogP contribution < -0.4 is 15.2 Å². The smallest absolute Gasteiger partial charge is 0.122 e. The molecule has 2 N–H and O–H groups in total. The summed E-state index contributed by atoms with van der Waals surface area (Å²) in [5.74, 6) is 2.88. The highest BCUT2D eigenvalue weighted by Crippen LogP contribution is 2.50. The van der Waals surface area contributed by atoms with Gasteiger partial charge in [0.1, 0.15) is 11.5 Å². The van der Waals surface area contributed by atoms with Gasteiger partial charge in [0.25, 0.3) is 0 Å². The van der Waals surface area contributed by atoms with Gasteiger partial charge in [-0.3, -0.25) is 0 Å². The summed E-state index contributed by atoms with van der Waals surface area (Å²) in [4.78, 5) is 0. The molecule has 1 aromatic carbocycles. The summed E-state index contributed by atoms with van der Waals surface area (Å²) in [5.41, 5.74) is 7.18. The minimum atomic E-state index is 0.266. The Morgan fingerprint density at radius 2 is 1.75 bits per heavy atom. The van der Waals surface area contributed by atoms with Crippen LogP contribution in [0.5, 0.6) is 11.5 Å². The number of ether oxygens (including phenoxy) is 2. The van der Waals surface area contributed by atoms with Crippen molar-refractivity contribution >= 4 is 0 Å². The molecular weight excluding hydrogens is 202 g/mol. The fourth-order valence-corrected chi connectivity index (χ4v) is 2.22. The predicted molar refractivity (Wildman–Crippen MR) is 64.0 cm³/mol. The van der Waals surface area contributed by atoms with Crippen LogP contribution in [0, 0.1) is 5.92 Å². The van der Waals surface area contributed by atoms with Crippen molar-refractivity contribution in [2.24, 2.45) is 11.7 Å². The Bertz CT molecular complexity index is 354. The third-order valence-corrected chi connectivity index (χ3v) is 3.32. The lowest BCUT2D eigenvalue weighted by Crippen LogP contribution is -2.17. The summed E-state index contributed by atoms with van der Waals surface area (Å²) in [6.45, 7) is 2.07. The van der Waals surface area contributed by atoms with Crippen LogP contribution in [-0.4, -0.2) is 20.3 Å². The second-order valence-electron chi connectivity index (χ2n) is 4.51. The molecule has 0 aliphatic heterocycles. The maximum Gasteiger partial charge on any atom is 0.122 e. The van der Waals surface area contributed by atoms with Crippen LogP contribution in [0.3, 0.4) is 0 Å². The molecule has 2 rings (SSSR count). The molecule has 0 bridgehead atoms. The minimum Gasteiger partial charge on any atom is -0.497 e. The van der Waals surface area contributed by atoms with Gasteiger partial charge in [-0.15, -0.1) is 0 Å². The van der Waals surface area contributed by atoms with Gasteiger partial charge >= 0.3 is 0 Å². The summed E-state index contributed by atoms with van der Waals surface area (Å²) in [6.07, 6.45) is 1.17. The average Bonchev–Trinajstić information content (AvgIpc) is 3.08. The van der Waals surface area contributed by atoms with Crippen molar-refractivity contribution in [1.82, 2.24) is 0 Å². The maximum absolute atomic E-state index is 5.90. The summed E-state index contributed by atoms with van der Waals surface area (Å²) >= 11 is 0. The van der Waals surface area contributed by atoms with E-state index in [9.17, 15) is 0 Å². The molecule has 88 valence electrons. The van der Waals surface area contributed by atoms with Crippen LogP contribution in [0.25, 0.3) is 0 Å². The van der Waals surface area contributed by atoms with E-state index in [1.807, 2.05) is 6.07 Å². The van der Waals surface area contributed by atoms with Crippen LogP contribution in [-0.2, 0) is 0 Å². The van der Waals surface area contributed by atoms with E-state index in [0.29, 0.717) is 11.8 Å². The molecule has 3 atom stereocenters. The quantitative estimate of drug-likeness (QED) is 0.847. The molecule has 0 unspecified atom stereocenters. The van der Waals surface area contributed by atoms with Crippen molar-refractivity contribution in [3.63, 3.8) is 0 Å². The standard InChI is InChI=1S/C13H19NO2/c1-8(14)12-7-13(12)9-4-10(15-2)6-11(5-9)16-3/h4-6,8,12-13H,7,14H2,1-3H3/t8-,12-,13+/m1/s1. The Morgan fingerprint density at radius 3 is 2.12 bits per heavy atom. The van der Waals surface area contributed by atoms with Crippen LogP contribution in [0.1, 0.15) is 24.8 Å². The predicted octanol–water partition coefficient (Wildman–Crippen LogP) is 2.15. The highest BCUT2D eigenvalue weighted by atomic mass is 16.5. The van der Waals surface area contributed by atoms with Gasteiger partial charge in [0.05, 0.1) is 14.2 Å². The molecule has 0 amide bonds. The van der Waals surface area contributed by atoms with Crippen molar-refractivity contribution in [1.29, 1.82) is 0 Å². The first-order chi connectivity index (χ1) is 7.65. The summed E-state index contributed by atoms with van der Waals surface area (Å²) in [6, 6.07) is 6.32. The van der Waals surface area contributed by atoms with Crippen molar-refractivity contribution in [3.8, 4) is 11.5 Å². The third-order valence-electron chi connectivity index (χ3n) is 3.32. The van der Waals surface area contributed by atoms with E-state index in [0.717, 1.165) is 11.5 Å². The first kappa shape index (κ1) is 11.3. The fraction of sp³-hybridized carbons (Fsp3) is 0.538. The first-order valence-electron chi connectivity index (χ1n) is 5.64. The number of hydrogen-bond acceptors (Lipinski definition) is 3. The maximum atomic E-state index is 5.90. The number of nitrogens with two attached hydrogens (primary N) is 1. The van der Waals surface area contributed by atoms with E-state index in [2.05, 4.69) is 19.1 Å². The highest BCUT2D eigenvalue weighted by Gasteiger charge is 2.41. The Labute approximate surface area is 96.5 Å². The monoisotopic (exact) mass is 221 g/mol. The Balaban J connectivity index is 2.21. The molecule has 0 saturated heterocycles. The van der Waals surface area contributed by atoms with Crippen LogP contribution in [0.4, 0.5) is 0 Å². The van der Waals surface area contributed by atoms with Crippen molar-refractivity contribution < 1.29 is 9.47 Å². The van der Waals surface area contributed by atoms with Gasteiger partial charge in [0.15, 0.2) is 0 Å². The molecule has 0 heterocycles. The Kier molecular flexibility index (Phi) is 3.06. The minimum absolute atomic E-state index is 0.266. The molecule has 1 aliphatic carbocycles. The number of benzene rings is 1. The van der Waals surface area contributed by atoms with Crippen LogP contribution in [0.2, 0.25) is 0 Å². The molecule has 1 fully saturated rings. The summed E-state index contributed by atoms with van der Waals surface area (Å²) < 4.78 is 10.5. The lowest BCUT2D eigenvalue weighted by Gasteiger charge is -2.09. The van der Waals surface area contributed by atoms with Gasteiger partial charge in [-0.05, 0) is 42.9 Å². The number of hydrogen-bond donors (Lipinski definition) is 1. The van der Waals surface area contributed by atoms with Gasteiger partial charge in [0, 0.05) is 12.1 Å². The van der Waals surface area contributed by atoms with E-state index in [4.69, 9.17) is 15.2 Å². The van der Waals surface area contributed by atoms with Gasteiger partial charge < -0.3 is 15.2 Å². The molecule has 16 heavy (non-hydrogen) atoms. The Hall–Kier alpha value is -1.22. The fourth-order valence-electron chi connectivity index (χ4n) is 2.22. The second kappa shape index (κ2) is 4.34. The molecule has 1 aliphatic rings. The summed E-state index contributed by atoms with van der Waals surface area (Å²) in [5, 5.41) is 0. The second-order valence-corrected chi connectivity index (χ2v) is 4.51. The van der Waals surface area contributed by atoms with Gasteiger partial charge in [0.2, 0.25) is 0 Å². The molecule has 0 spiro atoms. The van der Waals surface area contributed by atoms with Crippen molar-refractivity contribution in [3.05, 3.63) is 23.8 Å². The lowest BCUT2D eigenvalue weighted by molar-refractivity contribution is 0.393. The molecule has 3 heteroatoms. The zero-order chi connectivity index (χ0) is 11.7. The molecular formula is C13H19NO2. The third kappa shape index (κ3) is 2.14. The van der Waals surface area contributed by atoms with E-state index in [-0.39, 0.29) is 6.04 Å². The normalized spacial score (nSPS) is 25.0. The molecule has 1 aromatic rings. The van der Waals surface area contributed by atoms with Crippen LogP contribution >= 0.6 is 0 Å². The van der Waals surface area contributed by atoms with Crippen LogP contribution in [0.15, 0.2) is 18.2 Å². The van der Waals surface area contributed by atoms with Gasteiger partial charge in [-0.2, -0.15) is 0 Å². The van der Waals surface area contributed by atoms with Crippen molar-refractivity contribution in [2.75, 3.05) is 14.2 Å². The SMILES string of the molecule is COc1cc(OC)cc([C@@H]2C[C@@H]2[C@@H](C)N)c1. The molecule has 0 aromatic heterocycles. The van der Waals surface area contributed by atoms with E-state index >= 15 is 0 Å². The van der Waals surface area contributed by atoms with E-state index in [1.54, 1.807) is 14.2 Å². The first-order valence-corrected chi connectivity index (χ1v) is 5.64. The molecule has 0 radical (unpaired) electrons. The molecule has 3 nitrogen and oxygen atoms in total. The lowest BCUT2D eigenvalue weighted by atomic mass is 10.1. The molecule has 1 saturated carbocycles. The number of rotatable bonds is 4. The summed E-state index contributed by atoms with van der Waals surface area (Å²) in [7, 11) is 3.35. The average molecular weight is 221 g/mol. The van der Waals surface area contributed by atoms with Crippen molar-refractivity contribution in [2.45, 2.75) is 25.3 Å². The Morgan fingerprint density at radius 1 is 1.19 bits per heavy atom. The van der Waals surface area contributed by atoms with E-state index < -0.39 is 0 Å². The van der Waals surface area contributed by atoms with E-state index in [1.165, 1.54) is 12.0 Å². The topological polar surface area (TPSA) is 44.5 Å². The highest BCUT2D eigenvalue weighted by molar-refractivity contribution is 5.42. The number of methoxy groups -OCH3 is 2. The van der Waals surface area contributed by atoms with Gasteiger partial charge in [-0.1, -0.05) is 0 Å². The zero-order valence-corrected chi connectivity index (χ0v) is 10.1. The largest absolute Gasteiger partial charge is 0.497 e.